The Morgan fingerprint density at radius 2 is 1.84 bits per heavy atom. The number of benzene rings is 1. The molecule has 1 unspecified atom stereocenters. The maximum atomic E-state index is 13.0. The second-order valence-electron chi connectivity index (χ2n) is 7.94. The summed E-state index contributed by atoms with van der Waals surface area (Å²) >= 11 is 12.1. The van der Waals surface area contributed by atoms with Crippen LogP contribution in [0.3, 0.4) is 0 Å². The molecular weight excluding hydrogens is 451 g/mol. The Labute approximate surface area is 196 Å². The molecule has 2 aromatic heterocycles. The molecule has 0 aliphatic rings. The Bertz CT molecular complexity index is 1180. The van der Waals surface area contributed by atoms with E-state index in [2.05, 4.69) is 31.4 Å². The summed E-state index contributed by atoms with van der Waals surface area (Å²) in [5, 5.41) is 17.5. The monoisotopic (exact) mass is 472 g/mol. The minimum absolute atomic E-state index is 0.270. The highest BCUT2D eigenvalue weighted by atomic mass is 35.5. The molecule has 0 aliphatic carbocycles. The van der Waals surface area contributed by atoms with Gasteiger partial charge in [0, 0.05) is 24.7 Å². The van der Waals surface area contributed by atoms with Crippen LogP contribution in [0.2, 0.25) is 10.0 Å². The van der Waals surface area contributed by atoms with Gasteiger partial charge in [0.1, 0.15) is 0 Å². The first-order chi connectivity index (χ1) is 15.0. The van der Waals surface area contributed by atoms with Crippen molar-refractivity contribution in [1.29, 1.82) is 5.26 Å². The van der Waals surface area contributed by atoms with Gasteiger partial charge in [-0.1, -0.05) is 23.2 Å². The van der Waals surface area contributed by atoms with Crippen molar-refractivity contribution < 1.29 is 4.79 Å². The number of halogens is 2. The number of amides is 1. The summed E-state index contributed by atoms with van der Waals surface area (Å²) < 4.78 is 1.46. The largest absolute Gasteiger partial charge is 0.346 e. The predicted octanol–water partition coefficient (Wildman–Crippen LogP) is 3.72. The van der Waals surface area contributed by atoms with Gasteiger partial charge in [-0.25, -0.2) is 9.97 Å². The lowest BCUT2D eigenvalue weighted by molar-refractivity contribution is 0.0937. The van der Waals surface area contributed by atoms with E-state index >= 15 is 0 Å². The topological polar surface area (TPSA) is 113 Å². The van der Waals surface area contributed by atoms with E-state index in [1.54, 1.807) is 58.0 Å². The normalized spacial score (nSPS) is 12.2. The SMILES string of the molecule is CC(NC(=O)c1cc(Cl)cc(C(C)(C)C#N)c1)c1nc(N(C)C)nn1-c1ncc(Cl)cn1. The van der Waals surface area contributed by atoms with E-state index in [0.717, 1.165) is 0 Å². The van der Waals surface area contributed by atoms with Crippen LogP contribution >= 0.6 is 23.2 Å². The fourth-order valence-electron chi connectivity index (χ4n) is 2.84. The van der Waals surface area contributed by atoms with Gasteiger partial charge in [0.15, 0.2) is 5.82 Å². The quantitative estimate of drug-likeness (QED) is 0.581. The van der Waals surface area contributed by atoms with Gasteiger partial charge < -0.3 is 10.2 Å². The van der Waals surface area contributed by atoms with Gasteiger partial charge in [-0.3, -0.25) is 4.79 Å². The van der Waals surface area contributed by atoms with Gasteiger partial charge in [-0.15, -0.1) is 5.10 Å². The van der Waals surface area contributed by atoms with Gasteiger partial charge in [0.25, 0.3) is 11.9 Å². The minimum Gasteiger partial charge on any atom is -0.346 e. The third-order valence-corrected chi connectivity index (χ3v) is 5.13. The average Bonchev–Trinajstić information content (AvgIpc) is 3.20. The van der Waals surface area contributed by atoms with Crippen LogP contribution in [-0.2, 0) is 5.41 Å². The fraction of sp³-hybridized carbons (Fsp3) is 0.333. The van der Waals surface area contributed by atoms with E-state index in [1.807, 2.05) is 0 Å². The second kappa shape index (κ2) is 9.10. The molecule has 0 fully saturated rings. The molecule has 0 saturated carbocycles. The first kappa shape index (κ1) is 23.4. The standard InChI is InChI=1S/C21H22Cl2N8O/c1-12(27-18(32)13-6-14(8-15(22)7-13)21(2,3)11-24)17-28-20(30(4)5)29-31(17)19-25-9-16(23)10-26-19/h6-10,12H,1-5H3,(H,27,32). The number of hydrogen-bond donors (Lipinski definition) is 1. The third-order valence-electron chi connectivity index (χ3n) is 4.71. The van der Waals surface area contributed by atoms with Crippen molar-refractivity contribution in [2.45, 2.75) is 32.2 Å². The number of nitriles is 1. The molecule has 1 N–H and O–H groups in total. The van der Waals surface area contributed by atoms with E-state index in [4.69, 9.17) is 23.2 Å². The Hall–Kier alpha value is -3.22. The number of nitrogens with one attached hydrogen (secondary N) is 1. The summed E-state index contributed by atoms with van der Waals surface area (Å²) in [7, 11) is 3.61. The summed E-state index contributed by atoms with van der Waals surface area (Å²) in [6.07, 6.45) is 2.91. The Morgan fingerprint density at radius 3 is 2.44 bits per heavy atom. The van der Waals surface area contributed by atoms with Crippen LogP contribution in [-0.4, -0.2) is 44.7 Å². The number of aromatic nitrogens is 5. The molecule has 3 aromatic rings. The zero-order valence-corrected chi connectivity index (χ0v) is 19.8. The van der Waals surface area contributed by atoms with E-state index < -0.39 is 11.5 Å². The van der Waals surface area contributed by atoms with Gasteiger partial charge in [0.2, 0.25) is 5.95 Å². The van der Waals surface area contributed by atoms with Crippen molar-refractivity contribution >= 4 is 35.1 Å². The van der Waals surface area contributed by atoms with Crippen LogP contribution in [0.4, 0.5) is 5.95 Å². The lowest BCUT2D eigenvalue weighted by Crippen LogP contribution is -2.29. The third kappa shape index (κ3) is 4.98. The highest BCUT2D eigenvalue weighted by Crippen LogP contribution is 2.27. The summed E-state index contributed by atoms with van der Waals surface area (Å²) in [6.45, 7) is 5.30. The predicted molar refractivity (Wildman–Crippen MR) is 122 cm³/mol. The van der Waals surface area contributed by atoms with E-state index in [1.165, 1.54) is 17.1 Å². The molecule has 11 heteroatoms. The van der Waals surface area contributed by atoms with Crippen LogP contribution in [0, 0.1) is 11.3 Å². The van der Waals surface area contributed by atoms with Crippen LogP contribution in [0.1, 0.15) is 48.6 Å². The molecule has 1 aromatic carbocycles. The Morgan fingerprint density at radius 1 is 1.19 bits per heavy atom. The van der Waals surface area contributed by atoms with E-state index in [9.17, 15) is 10.1 Å². The van der Waals surface area contributed by atoms with E-state index in [0.29, 0.717) is 32.9 Å². The zero-order chi connectivity index (χ0) is 23.6. The van der Waals surface area contributed by atoms with Gasteiger partial charge in [-0.2, -0.15) is 14.9 Å². The molecule has 0 bridgehead atoms. The first-order valence-corrected chi connectivity index (χ1v) is 10.4. The molecular formula is C21H22Cl2N8O. The lowest BCUT2D eigenvalue weighted by Gasteiger charge is -2.18. The van der Waals surface area contributed by atoms with Crippen LogP contribution in [0.5, 0.6) is 0 Å². The fourth-order valence-corrected chi connectivity index (χ4v) is 3.17. The van der Waals surface area contributed by atoms with Crippen molar-refractivity contribution in [2.75, 3.05) is 19.0 Å². The second-order valence-corrected chi connectivity index (χ2v) is 8.81. The molecule has 9 nitrogen and oxygen atoms in total. The maximum Gasteiger partial charge on any atom is 0.252 e. The summed E-state index contributed by atoms with van der Waals surface area (Å²) in [6, 6.07) is 6.57. The molecule has 2 heterocycles. The number of carbonyl (C=O) groups is 1. The number of carbonyl (C=O) groups excluding carboxylic acids is 1. The smallest absolute Gasteiger partial charge is 0.252 e. The maximum absolute atomic E-state index is 13.0. The highest BCUT2D eigenvalue weighted by molar-refractivity contribution is 6.31. The molecule has 1 amide bonds. The summed E-state index contributed by atoms with van der Waals surface area (Å²) in [4.78, 5) is 27.7. The molecule has 0 aliphatic heterocycles. The van der Waals surface area contributed by atoms with Gasteiger partial charge in [-0.05, 0) is 44.5 Å². The highest BCUT2D eigenvalue weighted by Gasteiger charge is 2.25. The van der Waals surface area contributed by atoms with Crippen LogP contribution in [0.25, 0.3) is 5.95 Å². The molecule has 32 heavy (non-hydrogen) atoms. The minimum atomic E-state index is -0.793. The number of hydrogen-bond acceptors (Lipinski definition) is 7. The lowest BCUT2D eigenvalue weighted by atomic mass is 9.85. The van der Waals surface area contributed by atoms with Crippen molar-refractivity contribution in [3.63, 3.8) is 0 Å². The number of anilines is 1. The summed E-state index contributed by atoms with van der Waals surface area (Å²) in [5.41, 5.74) is 0.195. The van der Waals surface area contributed by atoms with Crippen molar-refractivity contribution in [3.05, 3.63) is 57.6 Å². The molecule has 0 radical (unpaired) electrons. The van der Waals surface area contributed by atoms with Crippen molar-refractivity contribution in [1.82, 2.24) is 30.0 Å². The van der Waals surface area contributed by atoms with Crippen LogP contribution in [0.15, 0.2) is 30.6 Å². The molecule has 1 atom stereocenters. The molecule has 3 rings (SSSR count). The number of nitrogens with zero attached hydrogens (tertiary/aromatic N) is 7. The zero-order valence-electron chi connectivity index (χ0n) is 18.3. The summed E-state index contributed by atoms with van der Waals surface area (Å²) in [5.74, 6) is 0.768. The molecule has 0 saturated heterocycles. The first-order valence-electron chi connectivity index (χ1n) is 9.67. The van der Waals surface area contributed by atoms with E-state index in [-0.39, 0.29) is 11.9 Å². The molecule has 0 spiro atoms. The Balaban J connectivity index is 1.94. The average molecular weight is 473 g/mol. The van der Waals surface area contributed by atoms with Crippen LogP contribution < -0.4 is 10.2 Å². The van der Waals surface area contributed by atoms with Crippen molar-refractivity contribution in [3.8, 4) is 12.0 Å². The van der Waals surface area contributed by atoms with Gasteiger partial charge >= 0.3 is 0 Å². The number of rotatable bonds is 6. The van der Waals surface area contributed by atoms with Crippen molar-refractivity contribution in [2.24, 2.45) is 0 Å². The van der Waals surface area contributed by atoms with Gasteiger partial charge in [0.05, 0.1) is 34.9 Å². The Kier molecular flexibility index (Phi) is 6.67. The molecule has 166 valence electrons.